The average molecular weight is 588 g/mol. The third-order valence-electron chi connectivity index (χ3n) is 6.33. The van der Waals surface area contributed by atoms with Crippen molar-refractivity contribution in [2.75, 3.05) is 12.4 Å². The molecular weight excluding hydrogens is 554 g/mol. The summed E-state index contributed by atoms with van der Waals surface area (Å²) in [6.45, 7) is 6.37. The van der Waals surface area contributed by atoms with Gasteiger partial charge in [-0.05, 0) is 37.5 Å². The second kappa shape index (κ2) is 12.5. The number of carboxylic acid groups (broad SMARTS) is 1. The van der Waals surface area contributed by atoms with Crippen molar-refractivity contribution in [3.05, 3.63) is 119 Å². The predicted octanol–water partition coefficient (Wildman–Crippen LogP) is 6.06. The van der Waals surface area contributed by atoms with E-state index in [0.29, 0.717) is 5.13 Å². The lowest BCUT2D eigenvalue weighted by atomic mass is 9.77. The second-order valence-electron chi connectivity index (χ2n) is 10.5. The van der Waals surface area contributed by atoms with Crippen molar-refractivity contribution >= 4 is 34.1 Å². The van der Waals surface area contributed by atoms with Crippen molar-refractivity contribution < 1.29 is 29.0 Å². The highest BCUT2D eigenvalue weighted by atomic mass is 32.1. The first-order valence-corrected chi connectivity index (χ1v) is 14.1. The number of aliphatic carboxylic acids is 1. The van der Waals surface area contributed by atoms with Crippen LogP contribution < -0.4 is 5.32 Å². The molecule has 0 saturated carbocycles. The van der Waals surface area contributed by atoms with Crippen LogP contribution in [0.4, 0.5) is 5.13 Å². The van der Waals surface area contributed by atoms with Gasteiger partial charge >= 0.3 is 17.7 Å². The normalized spacial score (nSPS) is 13.6. The SMILES string of the molecule is COC(C)(O/N=C(\C(=O)O)c1csc(NC(c2ccccc2)(c2ccccc2)c2ccccc2)n1)C(=O)OC(C)(C)C. The molecule has 4 rings (SSSR count). The van der Waals surface area contributed by atoms with E-state index >= 15 is 0 Å². The van der Waals surface area contributed by atoms with Gasteiger partial charge in [0.15, 0.2) is 5.13 Å². The van der Waals surface area contributed by atoms with E-state index in [4.69, 9.17) is 14.3 Å². The van der Waals surface area contributed by atoms with Gasteiger partial charge in [0.25, 0.3) is 0 Å². The topological polar surface area (TPSA) is 119 Å². The molecule has 10 heteroatoms. The lowest BCUT2D eigenvalue weighted by Crippen LogP contribution is -2.44. The molecule has 42 heavy (non-hydrogen) atoms. The molecule has 0 spiro atoms. The smallest absolute Gasteiger partial charge is 0.382 e. The number of esters is 1. The maximum atomic E-state index is 12.7. The summed E-state index contributed by atoms with van der Waals surface area (Å²) >= 11 is 1.21. The van der Waals surface area contributed by atoms with Gasteiger partial charge in [0.2, 0.25) is 5.71 Å². The number of anilines is 1. The van der Waals surface area contributed by atoms with Gasteiger partial charge in [0.05, 0.1) is 0 Å². The number of ether oxygens (including phenoxy) is 2. The molecule has 1 atom stereocenters. The summed E-state index contributed by atoms with van der Waals surface area (Å²) in [4.78, 5) is 34.8. The summed E-state index contributed by atoms with van der Waals surface area (Å²) < 4.78 is 10.6. The van der Waals surface area contributed by atoms with E-state index in [1.807, 2.05) is 91.0 Å². The summed E-state index contributed by atoms with van der Waals surface area (Å²) in [6.07, 6.45) is 0. The molecule has 0 aliphatic carbocycles. The van der Waals surface area contributed by atoms with Gasteiger partial charge in [0, 0.05) is 19.4 Å². The molecule has 1 unspecified atom stereocenters. The Bertz CT molecular complexity index is 1440. The van der Waals surface area contributed by atoms with E-state index < -0.39 is 34.6 Å². The lowest BCUT2D eigenvalue weighted by molar-refractivity contribution is -0.239. The summed E-state index contributed by atoms with van der Waals surface area (Å²) in [6, 6.07) is 29.8. The molecule has 1 heterocycles. The molecule has 0 aliphatic rings. The van der Waals surface area contributed by atoms with Crippen LogP contribution in [0, 0.1) is 0 Å². The van der Waals surface area contributed by atoms with Gasteiger partial charge in [-0.25, -0.2) is 14.6 Å². The van der Waals surface area contributed by atoms with Crippen LogP contribution in [0.25, 0.3) is 0 Å². The van der Waals surface area contributed by atoms with Crippen LogP contribution in [-0.2, 0) is 29.4 Å². The number of hydrogen-bond donors (Lipinski definition) is 2. The molecule has 0 amide bonds. The number of nitrogens with zero attached hydrogens (tertiary/aromatic N) is 2. The van der Waals surface area contributed by atoms with Crippen LogP contribution in [0.2, 0.25) is 0 Å². The molecule has 2 N–H and O–H groups in total. The van der Waals surface area contributed by atoms with Crippen molar-refractivity contribution in [1.29, 1.82) is 0 Å². The van der Waals surface area contributed by atoms with Crippen molar-refractivity contribution in [2.45, 2.75) is 44.6 Å². The Morgan fingerprint density at radius 2 is 1.31 bits per heavy atom. The predicted molar refractivity (Wildman–Crippen MR) is 161 cm³/mol. The first-order chi connectivity index (χ1) is 20.0. The maximum absolute atomic E-state index is 12.7. The number of carbonyl (C=O) groups is 2. The first-order valence-electron chi connectivity index (χ1n) is 13.2. The number of methoxy groups -OCH3 is 1. The number of thiazole rings is 1. The van der Waals surface area contributed by atoms with Gasteiger partial charge in [-0.2, -0.15) is 0 Å². The lowest BCUT2D eigenvalue weighted by Gasteiger charge is -2.36. The minimum Gasteiger partial charge on any atom is -0.476 e. The van der Waals surface area contributed by atoms with E-state index in [-0.39, 0.29) is 5.69 Å². The number of aromatic nitrogens is 1. The third kappa shape index (κ3) is 6.67. The van der Waals surface area contributed by atoms with E-state index in [1.165, 1.54) is 25.4 Å². The first kappa shape index (κ1) is 30.4. The number of nitrogens with one attached hydrogen (secondary N) is 1. The highest BCUT2D eigenvalue weighted by Gasteiger charge is 2.41. The molecule has 4 aromatic rings. The Kier molecular flexibility index (Phi) is 9.08. The zero-order valence-electron chi connectivity index (χ0n) is 24.0. The molecule has 0 radical (unpaired) electrons. The fourth-order valence-electron chi connectivity index (χ4n) is 4.24. The fraction of sp³-hybridized carbons (Fsp3) is 0.250. The summed E-state index contributed by atoms with van der Waals surface area (Å²) in [7, 11) is 1.24. The number of oxime groups is 1. The molecule has 0 bridgehead atoms. The minimum absolute atomic E-state index is 0.0423. The largest absolute Gasteiger partial charge is 0.476 e. The molecule has 9 nitrogen and oxygen atoms in total. The second-order valence-corrected chi connectivity index (χ2v) is 11.4. The Hall–Kier alpha value is -4.54. The number of carboxylic acids is 1. The monoisotopic (exact) mass is 587 g/mol. The van der Waals surface area contributed by atoms with Crippen molar-refractivity contribution in [3.8, 4) is 0 Å². The van der Waals surface area contributed by atoms with Crippen LogP contribution >= 0.6 is 11.3 Å². The van der Waals surface area contributed by atoms with E-state index in [1.54, 1.807) is 26.2 Å². The van der Waals surface area contributed by atoms with Gasteiger partial charge < -0.3 is 24.7 Å². The van der Waals surface area contributed by atoms with E-state index in [9.17, 15) is 14.7 Å². The number of hydrogen-bond acceptors (Lipinski definition) is 9. The quantitative estimate of drug-likeness (QED) is 0.0715. The van der Waals surface area contributed by atoms with Crippen LogP contribution in [0.1, 0.15) is 50.1 Å². The standard InChI is InChI=1S/C32H33N3O6S/c1-30(2,3)40-28(38)31(4,39-5)41-35-26(27(36)37)25-21-42-29(33-25)34-32(22-15-9-6-10-16-22,23-17-11-7-12-18-23)24-19-13-8-14-20-24/h6-21H,1-5H3,(H,33,34)(H,36,37)/b35-26-. The minimum atomic E-state index is -1.98. The molecule has 1 aromatic heterocycles. The summed E-state index contributed by atoms with van der Waals surface area (Å²) in [5.74, 6) is -4.23. The van der Waals surface area contributed by atoms with Gasteiger partial charge in [-0.15, -0.1) is 11.3 Å². The molecule has 0 saturated heterocycles. The molecule has 218 valence electrons. The summed E-state index contributed by atoms with van der Waals surface area (Å²) in [5.41, 5.74) is 0.740. The molecule has 3 aromatic carbocycles. The van der Waals surface area contributed by atoms with Crippen LogP contribution in [-0.4, -0.2) is 46.2 Å². The maximum Gasteiger partial charge on any atom is 0.382 e. The highest BCUT2D eigenvalue weighted by molar-refractivity contribution is 7.14. The third-order valence-corrected chi connectivity index (χ3v) is 7.09. The van der Waals surface area contributed by atoms with Gasteiger partial charge in [-0.1, -0.05) is 96.2 Å². The molecule has 0 aliphatic heterocycles. The molecular formula is C32H33N3O6S. The van der Waals surface area contributed by atoms with Crippen molar-refractivity contribution in [2.24, 2.45) is 5.16 Å². The zero-order valence-corrected chi connectivity index (χ0v) is 24.8. The van der Waals surface area contributed by atoms with Crippen LogP contribution in [0.3, 0.4) is 0 Å². The Morgan fingerprint density at radius 1 is 0.833 bits per heavy atom. The fourth-order valence-corrected chi connectivity index (χ4v) is 4.99. The molecule has 0 fully saturated rings. The van der Waals surface area contributed by atoms with E-state index in [0.717, 1.165) is 16.7 Å². The van der Waals surface area contributed by atoms with Crippen molar-refractivity contribution in [3.63, 3.8) is 0 Å². The van der Waals surface area contributed by atoms with E-state index in [2.05, 4.69) is 15.5 Å². The Balaban J connectivity index is 1.75. The van der Waals surface area contributed by atoms with Crippen LogP contribution in [0.15, 0.2) is 102 Å². The number of rotatable bonds is 11. The Morgan fingerprint density at radius 3 is 1.71 bits per heavy atom. The number of carbonyl (C=O) groups excluding carboxylic acids is 1. The van der Waals surface area contributed by atoms with Gasteiger partial charge in [-0.3, -0.25) is 0 Å². The van der Waals surface area contributed by atoms with Crippen molar-refractivity contribution in [1.82, 2.24) is 4.98 Å². The Labute approximate surface area is 248 Å². The van der Waals surface area contributed by atoms with Crippen LogP contribution in [0.5, 0.6) is 0 Å². The van der Waals surface area contributed by atoms with Gasteiger partial charge in [0.1, 0.15) is 16.8 Å². The summed E-state index contributed by atoms with van der Waals surface area (Å²) in [5, 5.41) is 19.4. The highest BCUT2D eigenvalue weighted by Crippen LogP contribution is 2.40. The zero-order chi connectivity index (χ0) is 30.4. The number of benzene rings is 3. The average Bonchev–Trinajstić information content (AvgIpc) is 3.44.